The molecule has 0 radical (unpaired) electrons. The molecule has 1 heterocycles. The predicted octanol–water partition coefficient (Wildman–Crippen LogP) is 1.26. The first-order chi connectivity index (χ1) is 9.49. The number of carbonyl (C=O) groups excluding carboxylic acids is 2. The maximum Gasteiger partial charge on any atom is 0.358 e. The van der Waals surface area contributed by atoms with Crippen molar-refractivity contribution in [1.82, 2.24) is 14.7 Å². The zero-order chi connectivity index (χ0) is 14.9. The van der Waals surface area contributed by atoms with Crippen LogP contribution >= 0.6 is 0 Å². The number of fused-ring (bicyclic) bond motifs is 1. The van der Waals surface area contributed by atoms with Crippen LogP contribution < -0.4 is 0 Å². The van der Waals surface area contributed by atoms with Crippen LogP contribution in [0.2, 0.25) is 0 Å². The second-order valence-electron chi connectivity index (χ2n) is 4.93. The van der Waals surface area contributed by atoms with Gasteiger partial charge < -0.3 is 9.64 Å². The number of carbonyl (C=O) groups is 2. The average molecular weight is 277 g/mol. The first-order valence-electron chi connectivity index (χ1n) is 6.59. The van der Waals surface area contributed by atoms with Crippen molar-refractivity contribution in [2.45, 2.75) is 26.3 Å². The number of allylic oxidation sites excluding steroid dienone is 1. The molecule has 6 nitrogen and oxygen atoms in total. The Bertz CT molecular complexity index is 585. The number of aryl methyl sites for hydroxylation is 1. The van der Waals surface area contributed by atoms with E-state index in [1.165, 1.54) is 7.11 Å². The molecule has 0 aliphatic heterocycles. The summed E-state index contributed by atoms with van der Waals surface area (Å²) in [7, 11) is 5.08. The third kappa shape index (κ3) is 2.33. The van der Waals surface area contributed by atoms with Crippen LogP contribution in [0.3, 0.4) is 0 Å². The summed E-state index contributed by atoms with van der Waals surface area (Å²) in [5.41, 5.74) is 2.24. The maximum absolute atomic E-state index is 12.5. The maximum atomic E-state index is 12.5. The van der Waals surface area contributed by atoms with E-state index in [1.807, 2.05) is 32.1 Å². The van der Waals surface area contributed by atoms with Crippen LogP contribution in [0, 0.1) is 0 Å². The number of hydrogen-bond donors (Lipinski definition) is 0. The van der Waals surface area contributed by atoms with Crippen molar-refractivity contribution in [2.24, 2.45) is 0 Å². The molecule has 0 bridgehead atoms. The van der Waals surface area contributed by atoms with Crippen LogP contribution in [-0.4, -0.2) is 47.6 Å². The van der Waals surface area contributed by atoms with Crippen molar-refractivity contribution in [1.29, 1.82) is 0 Å². The molecule has 0 spiro atoms. The molecule has 1 aliphatic rings. The van der Waals surface area contributed by atoms with Gasteiger partial charge in [0.15, 0.2) is 5.69 Å². The van der Waals surface area contributed by atoms with Gasteiger partial charge in [0.05, 0.1) is 7.11 Å². The van der Waals surface area contributed by atoms with Crippen LogP contribution in [0.25, 0.3) is 0 Å². The zero-order valence-corrected chi connectivity index (χ0v) is 12.3. The number of Topliss-reactive ketones (excluding diaryl/α,β-unsaturated/α-hetero) is 1. The van der Waals surface area contributed by atoms with E-state index >= 15 is 0 Å². The Morgan fingerprint density at radius 2 is 2.15 bits per heavy atom. The minimum Gasteiger partial charge on any atom is -0.464 e. The number of ketones is 1. The lowest BCUT2D eigenvalue weighted by Gasteiger charge is -2.17. The highest BCUT2D eigenvalue weighted by molar-refractivity contribution is 6.11. The Kier molecular flexibility index (Phi) is 3.92. The molecule has 1 aromatic heterocycles. The smallest absolute Gasteiger partial charge is 0.358 e. The number of esters is 1. The van der Waals surface area contributed by atoms with Gasteiger partial charge in [-0.2, -0.15) is 5.10 Å². The van der Waals surface area contributed by atoms with Gasteiger partial charge in [-0.25, -0.2) is 4.79 Å². The molecule has 2 rings (SSSR count). The van der Waals surface area contributed by atoms with Gasteiger partial charge in [0.2, 0.25) is 5.78 Å². The topological polar surface area (TPSA) is 64.4 Å². The fraction of sp³-hybridized carbons (Fsp3) is 0.500. The molecule has 108 valence electrons. The summed E-state index contributed by atoms with van der Waals surface area (Å²) in [5, 5.41) is 4.23. The van der Waals surface area contributed by atoms with Gasteiger partial charge in [0.1, 0.15) is 5.69 Å². The van der Waals surface area contributed by atoms with Crippen LogP contribution in [0.15, 0.2) is 11.8 Å². The fourth-order valence-corrected chi connectivity index (χ4v) is 2.44. The highest BCUT2D eigenvalue weighted by Gasteiger charge is 2.32. The second kappa shape index (κ2) is 5.48. The number of rotatable bonds is 3. The molecule has 0 fully saturated rings. The quantitative estimate of drug-likeness (QED) is 0.615. The summed E-state index contributed by atoms with van der Waals surface area (Å²) >= 11 is 0. The number of ether oxygens (including phenoxy) is 1. The van der Waals surface area contributed by atoms with Crippen molar-refractivity contribution in [3.8, 4) is 0 Å². The first-order valence-corrected chi connectivity index (χ1v) is 6.59. The summed E-state index contributed by atoms with van der Waals surface area (Å²) in [6.45, 7) is 2.44. The van der Waals surface area contributed by atoms with E-state index in [9.17, 15) is 9.59 Å². The van der Waals surface area contributed by atoms with Crippen molar-refractivity contribution in [3.63, 3.8) is 0 Å². The van der Waals surface area contributed by atoms with Crippen LogP contribution in [0.5, 0.6) is 0 Å². The van der Waals surface area contributed by atoms with E-state index < -0.39 is 5.97 Å². The van der Waals surface area contributed by atoms with E-state index in [1.54, 1.807) is 4.68 Å². The van der Waals surface area contributed by atoms with Gasteiger partial charge in [-0.05, 0) is 19.8 Å². The Hall–Kier alpha value is -2.11. The van der Waals surface area contributed by atoms with Gasteiger partial charge in [-0.1, -0.05) is 0 Å². The first kappa shape index (κ1) is 14.3. The van der Waals surface area contributed by atoms with Crippen LogP contribution in [-0.2, 0) is 17.7 Å². The second-order valence-corrected chi connectivity index (χ2v) is 4.93. The molecule has 0 atom stereocenters. The summed E-state index contributed by atoms with van der Waals surface area (Å²) in [5.74, 6) is -0.536. The van der Waals surface area contributed by atoms with E-state index in [2.05, 4.69) is 5.10 Å². The monoisotopic (exact) mass is 277 g/mol. The standard InChI is InChI=1S/C14H19N3O3/c1-5-17-12-10(11(15-17)14(19)20-4)7-6-9(13(12)18)8-16(2)3/h8H,5-7H2,1-4H3. The van der Waals surface area contributed by atoms with Gasteiger partial charge in [0.25, 0.3) is 0 Å². The molecular weight excluding hydrogens is 258 g/mol. The van der Waals surface area contributed by atoms with Crippen molar-refractivity contribution < 1.29 is 14.3 Å². The van der Waals surface area contributed by atoms with Gasteiger partial charge in [-0.3, -0.25) is 9.48 Å². The molecule has 0 aromatic carbocycles. The molecule has 0 amide bonds. The Morgan fingerprint density at radius 3 is 2.70 bits per heavy atom. The normalized spacial score (nSPS) is 16.2. The van der Waals surface area contributed by atoms with E-state index in [4.69, 9.17) is 4.74 Å². The van der Waals surface area contributed by atoms with Gasteiger partial charge >= 0.3 is 5.97 Å². The van der Waals surface area contributed by atoms with E-state index in [0.717, 1.165) is 5.57 Å². The molecule has 6 heteroatoms. The Labute approximate surface area is 118 Å². The summed E-state index contributed by atoms with van der Waals surface area (Å²) in [6, 6.07) is 0. The number of hydrogen-bond acceptors (Lipinski definition) is 5. The van der Waals surface area contributed by atoms with E-state index in [0.29, 0.717) is 30.6 Å². The molecule has 0 saturated carbocycles. The van der Waals surface area contributed by atoms with Gasteiger partial charge in [0, 0.05) is 38.0 Å². The molecular formula is C14H19N3O3. The molecule has 1 aliphatic carbocycles. The van der Waals surface area contributed by atoms with Crippen molar-refractivity contribution >= 4 is 11.8 Å². The molecule has 0 unspecified atom stereocenters. The van der Waals surface area contributed by atoms with E-state index in [-0.39, 0.29) is 11.5 Å². The highest BCUT2D eigenvalue weighted by atomic mass is 16.5. The fourth-order valence-electron chi connectivity index (χ4n) is 2.44. The lowest BCUT2D eigenvalue weighted by molar-refractivity contribution is 0.0591. The Morgan fingerprint density at radius 1 is 1.45 bits per heavy atom. The summed E-state index contributed by atoms with van der Waals surface area (Å²) in [4.78, 5) is 26.1. The predicted molar refractivity (Wildman–Crippen MR) is 73.7 cm³/mol. The van der Waals surface area contributed by atoms with Gasteiger partial charge in [-0.15, -0.1) is 0 Å². The molecule has 1 aromatic rings. The van der Waals surface area contributed by atoms with Crippen molar-refractivity contribution in [3.05, 3.63) is 28.7 Å². The zero-order valence-electron chi connectivity index (χ0n) is 12.3. The largest absolute Gasteiger partial charge is 0.464 e. The lowest BCUT2D eigenvalue weighted by Crippen LogP contribution is -2.20. The van der Waals surface area contributed by atoms with Crippen LogP contribution in [0.1, 0.15) is 39.9 Å². The minimum absolute atomic E-state index is 0.0514. The molecule has 20 heavy (non-hydrogen) atoms. The molecule has 0 N–H and O–H groups in total. The summed E-state index contributed by atoms with van der Waals surface area (Å²) < 4.78 is 6.33. The Balaban J connectivity index is 2.53. The lowest BCUT2D eigenvalue weighted by atomic mass is 9.90. The molecule has 0 saturated heterocycles. The summed E-state index contributed by atoms with van der Waals surface area (Å²) in [6.07, 6.45) is 3.07. The van der Waals surface area contributed by atoms with Crippen molar-refractivity contribution in [2.75, 3.05) is 21.2 Å². The number of nitrogens with zero attached hydrogens (tertiary/aromatic N) is 3. The number of methoxy groups -OCH3 is 1. The van der Waals surface area contributed by atoms with Crippen LogP contribution in [0.4, 0.5) is 0 Å². The SMILES string of the molecule is CCn1nc(C(=O)OC)c2c1C(=O)C(=CN(C)C)CC2. The highest BCUT2D eigenvalue weighted by Crippen LogP contribution is 2.28. The third-order valence-electron chi connectivity index (χ3n) is 3.29. The third-order valence-corrected chi connectivity index (χ3v) is 3.29. The average Bonchev–Trinajstić information content (AvgIpc) is 2.80. The number of aromatic nitrogens is 2. The minimum atomic E-state index is -0.485.